The van der Waals surface area contributed by atoms with Gasteiger partial charge in [0.05, 0.1) is 23.2 Å². The number of amides is 1. The first-order chi connectivity index (χ1) is 12.0. The molecular formula is C18H14ClFN2O3. The molecule has 0 aliphatic carbocycles. The quantitative estimate of drug-likeness (QED) is 0.750. The Bertz CT molecular complexity index is 997. The molecular weight excluding hydrogens is 347 g/mol. The number of benzene rings is 2. The fourth-order valence-electron chi connectivity index (χ4n) is 2.46. The van der Waals surface area contributed by atoms with Crippen LogP contribution in [0.25, 0.3) is 10.9 Å². The second kappa shape index (κ2) is 6.94. The predicted octanol–water partition coefficient (Wildman–Crippen LogP) is 3.26. The maximum atomic E-state index is 13.8. The number of aromatic nitrogens is 1. The van der Waals surface area contributed by atoms with Gasteiger partial charge < -0.3 is 15.0 Å². The molecule has 0 fully saturated rings. The van der Waals surface area contributed by atoms with E-state index in [-0.39, 0.29) is 22.7 Å². The third-order valence-electron chi connectivity index (χ3n) is 3.76. The van der Waals surface area contributed by atoms with Gasteiger partial charge in [-0.25, -0.2) is 4.39 Å². The van der Waals surface area contributed by atoms with Crippen molar-refractivity contribution in [2.45, 2.75) is 6.54 Å². The van der Waals surface area contributed by atoms with Crippen LogP contribution in [0.15, 0.2) is 47.3 Å². The first-order valence-corrected chi connectivity index (χ1v) is 7.79. The molecule has 3 aromatic rings. The van der Waals surface area contributed by atoms with Crippen molar-refractivity contribution in [3.05, 3.63) is 74.8 Å². The van der Waals surface area contributed by atoms with Gasteiger partial charge in [-0.2, -0.15) is 0 Å². The van der Waals surface area contributed by atoms with Crippen LogP contribution in [0.5, 0.6) is 5.75 Å². The lowest BCUT2D eigenvalue weighted by Crippen LogP contribution is -2.27. The van der Waals surface area contributed by atoms with Crippen LogP contribution in [-0.2, 0) is 6.54 Å². The molecule has 0 radical (unpaired) electrons. The monoisotopic (exact) mass is 360 g/mol. The van der Waals surface area contributed by atoms with Gasteiger partial charge in [0.15, 0.2) is 0 Å². The summed E-state index contributed by atoms with van der Waals surface area (Å²) in [5.41, 5.74) is 0.377. The molecule has 0 unspecified atom stereocenters. The summed E-state index contributed by atoms with van der Waals surface area (Å²) in [6, 6.07) is 10.9. The number of methoxy groups -OCH3 is 1. The lowest BCUT2D eigenvalue weighted by atomic mass is 10.1. The lowest BCUT2D eigenvalue weighted by molar-refractivity contribution is 0.0947. The Hall–Kier alpha value is -2.86. The van der Waals surface area contributed by atoms with Gasteiger partial charge in [0.2, 0.25) is 0 Å². The van der Waals surface area contributed by atoms with Gasteiger partial charge in [-0.1, -0.05) is 17.7 Å². The zero-order valence-corrected chi connectivity index (χ0v) is 14.0. The van der Waals surface area contributed by atoms with Crippen LogP contribution in [-0.4, -0.2) is 18.0 Å². The van der Waals surface area contributed by atoms with Crippen LogP contribution >= 0.6 is 11.6 Å². The summed E-state index contributed by atoms with van der Waals surface area (Å²) < 4.78 is 18.9. The predicted molar refractivity (Wildman–Crippen MR) is 93.7 cm³/mol. The molecule has 1 aromatic heterocycles. The summed E-state index contributed by atoms with van der Waals surface area (Å²) in [7, 11) is 1.54. The molecule has 2 aromatic carbocycles. The number of ether oxygens (including phenoxy) is 1. The van der Waals surface area contributed by atoms with Gasteiger partial charge in [-0.15, -0.1) is 0 Å². The Morgan fingerprint density at radius 3 is 2.80 bits per heavy atom. The standard InChI is InChI=1S/C18H14ClFN2O3/c1-25-12-6-5-10-7-11(17(23)22-15(10)8-12)9-21-18(24)16-13(19)3-2-4-14(16)20/h2-8H,9H2,1H3,(H,21,24)(H,22,23). The average Bonchev–Trinajstić information content (AvgIpc) is 2.59. The van der Waals surface area contributed by atoms with Gasteiger partial charge in [-0.3, -0.25) is 9.59 Å². The molecule has 1 heterocycles. The number of carbonyl (C=O) groups is 1. The lowest BCUT2D eigenvalue weighted by Gasteiger charge is -2.08. The smallest absolute Gasteiger partial charge is 0.256 e. The van der Waals surface area contributed by atoms with E-state index in [1.165, 1.54) is 19.2 Å². The largest absolute Gasteiger partial charge is 0.497 e. The normalized spacial score (nSPS) is 10.7. The van der Waals surface area contributed by atoms with Crippen LogP contribution < -0.4 is 15.6 Å². The summed E-state index contributed by atoms with van der Waals surface area (Å²) in [4.78, 5) is 27.1. The van der Waals surface area contributed by atoms with Gasteiger partial charge in [-0.05, 0) is 35.7 Å². The zero-order chi connectivity index (χ0) is 18.0. The molecule has 7 heteroatoms. The highest BCUT2D eigenvalue weighted by Crippen LogP contribution is 2.20. The van der Waals surface area contributed by atoms with E-state index in [4.69, 9.17) is 16.3 Å². The first-order valence-electron chi connectivity index (χ1n) is 7.42. The van der Waals surface area contributed by atoms with Crippen LogP contribution in [0.3, 0.4) is 0 Å². The van der Waals surface area contributed by atoms with E-state index in [1.54, 1.807) is 24.3 Å². The maximum Gasteiger partial charge on any atom is 0.256 e. The molecule has 0 atom stereocenters. The van der Waals surface area contributed by atoms with E-state index >= 15 is 0 Å². The summed E-state index contributed by atoms with van der Waals surface area (Å²) in [5.74, 6) is -0.778. The number of aromatic amines is 1. The minimum absolute atomic E-state index is 0.0111. The van der Waals surface area contributed by atoms with Gasteiger partial charge in [0.25, 0.3) is 11.5 Å². The van der Waals surface area contributed by atoms with E-state index in [9.17, 15) is 14.0 Å². The highest BCUT2D eigenvalue weighted by atomic mass is 35.5. The Kier molecular flexibility index (Phi) is 4.72. The van der Waals surface area contributed by atoms with E-state index in [1.807, 2.05) is 0 Å². The van der Waals surface area contributed by atoms with Gasteiger partial charge >= 0.3 is 0 Å². The highest BCUT2D eigenvalue weighted by Gasteiger charge is 2.16. The number of rotatable bonds is 4. The highest BCUT2D eigenvalue weighted by molar-refractivity contribution is 6.33. The second-order valence-corrected chi connectivity index (χ2v) is 5.76. The summed E-state index contributed by atoms with van der Waals surface area (Å²) in [5, 5.41) is 3.31. The van der Waals surface area contributed by atoms with Crippen molar-refractivity contribution in [3.63, 3.8) is 0 Å². The molecule has 0 saturated heterocycles. The molecule has 0 aliphatic rings. The van der Waals surface area contributed by atoms with Crippen LogP contribution in [0.1, 0.15) is 15.9 Å². The van der Waals surface area contributed by atoms with Crippen LogP contribution in [0.2, 0.25) is 5.02 Å². The Morgan fingerprint density at radius 1 is 1.28 bits per heavy atom. The third-order valence-corrected chi connectivity index (χ3v) is 4.07. The molecule has 5 nitrogen and oxygen atoms in total. The van der Waals surface area contributed by atoms with Crippen molar-refractivity contribution in [1.29, 1.82) is 0 Å². The number of halogens is 2. The number of hydrogen-bond acceptors (Lipinski definition) is 3. The number of fused-ring (bicyclic) bond motifs is 1. The molecule has 0 aliphatic heterocycles. The van der Waals surface area contributed by atoms with Crippen molar-refractivity contribution in [1.82, 2.24) is 10.3 Å². The minimum atomic E-state index is -0.718. The van der Waals surface area contributed by atoms with E-state index in [2.05, 4.69) is 10.3 Å². The second-order valence-electron chi connectivity index (χ2n) is 5.36. The van der Waals surface area contributed by atoms with Crippen LogP contribution in [0, 0.1) is 5.82 Å². The summed E-state index contributed by atoms with van der Waals surface area (Å²) in [6.45, 7) is -0.0548. The van der Waals surface area contributed by atoms with E-state index in [0.29, 0.717) is 16.8 Å². The van der Waals surface area contributed by atoms with Gasteiger partial charge in [0.1, 0.15) is 11.6 Å². The van der Waals surface area contributed by atoms with Gasteiger partial charge in [0, 0.05) is 18.2 Å². The number of nitrogens with one attached hydrogen (secondary N) is 2. The number of pyridine rings is 1. The Labute approximate surface area is 147 Å². The molecule has 128 valence electrons. The van der Waals surface area contributed by atoms with E-state index in [0.717, 1.165) is 11.5 Å². The van der Waals surface area contributed by atoms with Crippen LogP contribution in [0.4, 0.5) is 4.39 Å². The molecule has 3 rings (SSSR count). The zero-order valence-electron chi connectivity index (χ0n) is 13.2. The topological polar surface area (TPSA) is 71.2 Å². The minimum Gasteiger partial charge on any atom is -0.497 e. The summed E-state index contributed by atoms with van der Waals surface area (Å²) in [6.07, 6.45) is 0. The van der Waals surface area contributed by atoms with Crippen molar-refractivity contribution in [2.75, 3.05) is 7.11 Å². The SMILES string of the molecule is COc1ccc2cc(CNC(=O)c3c(F)cccc3Cl)c(=O)[nH]c2c1. The Morgan fingerprint density at radius 2 is 2.08 bits per heavy atom. The van der Waals surface area contributed by atoms with E-state index < -0.39 is 11.7 Å². The fraction of sp³-hybridized carbons (Fsp3) is 0.111. The number of hydrogen-bond donors (Lipinski definition) is 2. The molecule has 2 N–H and O–H groups in total. The Balaban J connectivity index is 1.85. The molecule has 1 amide bonds. The molecule has 0 bridgehead atoms. The number of H-pyrrole nitrogens is 1. The first kappa shape index (κ1) is 17.0. The average molecular weight is 361 g/mol. The molecule has 0 spiro atoms. The molecule has 25 heavy (non-hydrogen) atoms. The van der Waals surface area contributed by atoms with Crippen molar-refractivity contribution < 1.29 is 13.9 Å². The molecule has 0 saturated carbocycles. The van der Waals surface area contributed by atoms with Crippen molar-refractivity contribution in [3.8, 4) is 5.75 Å². The number of carbonyl (C=O) groups excluding carboxylic acids is 1. The van der Waals surface area contributed by atoms with Crippen molar-refractivity contribution >= 4 is 28.4 Å². The maximum absolute atomic E-state index is 13.8. The fourth-order valence-corrected chi connectivity index (χ4v) is 2.71. The summed E-state index contributed by atoms with van der Waals surface area (Å²) >= 11 is 5.86. The van der Waals surface area contributed by atoms with Crippen molar-refractivity contribution in [2.24, 2.45) is 0 Å². The third kappa shape index (κ3) is 3.49.